The maximum atomic E-state index is 12.2. The van der Waals surface area contributed by atoms with E-state index in [4.69, 9.17) is 11.6 Å². The number of ketones is 1. The normalized spacial score (nSPS) is 11.9. The summed E-state index contributed by atoms with van der Waals surface area (Å²) in [5, 5.41) is 0.369. The summed E-state index contributed by atoms with van der Waals surface area (Å²) < 4.78 is 36.6. The molecular formula is C11H10ClF3O. The minimum absolute atomic E-state index is 0.0338. The average Bonchev–Trinajstić information content (AvgIpc) is 2.15. The summed E-state index contributed by atoms with van der Waals surface area (Å²) >= 11 is 5.82. The summed E-state index contributed by atoms with van der Waals surface area (Å²) in [6.07, 6.45) is -4.85. The van der Waals surface area contributed by atoms with E-state index >= 15 is 0 Å². The molecule has 0 saturated heterocycles. The molecule has 0 aliphatic rings. The largest absolute Gasteiger partial charge is 0.454 e. The minimum Gasteiger partial charge on any atom is -0.284 e. The van der Waals surface area contributed by atoms with Crippen molar-refractivity contribution in [3.8, 4) is 0 Å². The molecule has 0 bridgehead atoms. The van der Waals surface area contributed by atoms with Crippen molar-refractivity contribution in [3.63, 3.8) is 0 Å². The number of rotatable bonds is 2. The first-order valence-corrected chi connectivity index (χ1v) is 5.02. The van der Waals surface area contributed by atoms with Gasteiger partial charge in [-0.1, -0.05) is 25.4 Å². The fraction of sp³-hybridized carbons (Fsp3) is 0.364. The van der Waals surface area contributed by atoms with Gasteiger partial charge in [0.25, 0.3) is 5.78 Å². The number of benzene rings is 1. The van der Waals surface area contributed by atoms with Crippen LogP contribution in [0.15, 0.2) is 18.2 Å². The van der Waals surface area contributed by atoms with Crippen LogP contribution in [0.4, 0.5) is 13.2 Å². The Morgan fingerprint density at radius 3 is 2.31 bits per heavy atom. The summed E-state index contributed by atoms with van der Waals surface area (Å²) in [5.74, 6) is -1.88. The van der Waals surface area contributed by atoms with Gasteiger partial charge in [0.15, 0.2) is 0 Å². The smallest absolute Gasteiger partial charge is 0.284 e. The molecule has 0 aliphatic heterocycles. The fourth-order valence-corrected chi connectivity index (χ4v) is 1.63. The molecule has 0 heterocycles. The van der Waals surface area contributed by atoms with Gasteiger partial charge in [-0.05, 0) is 29.7 Å². The zero-order chi connectivity index (χ0) is 12.5. The van der Waals surface area contributed by atoms with Gasteiger partial charge in [-0.3, -0.25) is 4.79 Å². The summed E-state index contributed by atoms with van der Waals surface area (Å²) in [7, 11) is 0. The van der Waals surface area contributed by atoms with Gasteiger partial charge in [0, 0.05) is 10.6 Å². The van der Waals surface area contributed by atoms with E-state index in [9.17, 15) is 18.0 Å². The topological polar surface area (TPSA) is 17.1 Å². The molecule has 88 valence electrons. The van der Waals surface area contributed by atoms with Crippen molar-refractivity contribution in [2.75, 3.05) is 0 Å². The number of halogens is 4. The Morgan fingerprint density at radius 1 is 1.31 bits per heavy atom. The minimum atomic E-state index is -4.85. The van der Waals surface area contributed by atoms with E-state index < -0.39 is 12.0 Å². The van der Waals surface area contributed by atoms with Crippen molar-refractivity contribution < 1.29 is 18.0 Å². The number of hydrogen-bond donors (Lipinski definition) is 0. The van der Waals surface area contributed by atoms with Crippen molar-refractivity contribution in [2.45, 2.75) is 25.9 Å². The van der Waals surface area contributed by atoms with Crippen LogP contribution < -0.4 is 0 Å². The molecule has 0 aromatic heterocycles. The van der Waals surface area contributed by atoms with Gasteiger partial charge in [0.05, 0.1) is 0 Å². The fourth-order valence-electron chi connectivity index (χ4n) is 1.29. The zero-order valence-electron chi connectivity index (χ0n) is 8.73. The summed E-state index contributed by atoms with van der Waals surface area (Å²) in [6, 6.07) is 3.60. The van der Waals surface area contributed by atoms with E-state index in [0.717, 1.165) is 6.07 Å². The van der Waals surface area contributed by atoms with E-state index in [0.29, 0.717) is 10.6 Å². The van der Waals surface area contributed by atoms with Gasteiger partial charge >= 0.3 is 6.18 Å². The SMILES string of the molecule is CC(C)c1cc(C(=O)C(F)(F)F)ccc1Cl. The Kier molecular flexibility index (Phi) is 3.63. The van der Waals surface area contributed by atoms with E-state index in [1.807, 2.05) is 0 Å². The van der Waals surface area contributed by atoms with Crippen LogP contribution in [0.5, 0.6) is 0 Å². The van der Waals surface area contributed by atoms with Crippen molar-refractivity contribution in [1.82, 2.24) is 0 Å². The lowest BCUT2D eigenvalue weighted by atomic mass is 9.99. The standard InChI is InChI=1S/C11H10ClF3O/c1-6(2)8-5-7(3-4-9(8)12)10(16)11(13,14)15/h3-6H,1-2H3. The molecule has 5 heteroatoms. The summed E-state index contributed by atoms with van der Waals surface area (Å²) in [4.78, 5) is 11.0. The van der Waals surface area contributed by atoms with Crippen molar-refractivity contribution >= 4 is 17.4 Å². The highest BCUT2D eigenvalue weighted by Crippen LogP contribution is 2.28. The molecule has 0 radical (unpaired) electrons. The van der Waals surface area contributed by atoms with Gasteiger partial charge in [-0.25, -0.2) is 0 Å². The van der Waals surface area contributed by atoms with Crippen LogP contribution in [0.2, 0.25) is 5.02 Å². The Labute approximate surface area is 96.2 Å². The first kappa shape index (κ1) is 13.0. The lowest BCUT2D eigenvalue weighted by molar-refractivity contribution is -0.0885. The lowest BCUT2D eigenvalue weighted by Crippen LogP contribution is -2.22. The molecular weight excluding hydrogens is 241 g/mol. The van der Waals surface area contributed by atoms with Gasteiger partial charge in [-0.2, -0.15) is 13.2 Å². The van der Waals surface area contributed by atoms with Gasteiger partial charge < -0.3 is 0 Å². The number of hydrogen-bond acceptors (Lipinski definition) is 1. The number of Topliss-reactive ketones (excluding diaryl/α,β-unsaturated/α-hetero) is 1. The molecule has 0 atom stereocenters. The quantitative estimate of drug-likeness (QED) is 0.719. The first-order valence-electron chi connectivity index (χ1n) is 4.64. The van der Waals surface area contributed by atoms with Crippen LogP contribution in [0, 0.1) is 0 Å². The Balaban J connectivity index is 3.18. The van der Waals surface area contributed by atoms with Crippen LogP contribution >= 0.6 is 11.6 Å². The monoisotopic (exact) mass is 250 g/mol. The van der Waals surface area contributed by atoms with E-state index in [1.54, 1.807) is 13.8 Å². The first-order chi connectivity index (χ1) is 7.23. The molecule has 0 amide bonds. The van der Waals surface area contributed by atoms with Gasteiger partial charge in [0.1, 0.15) is 0 Å². The third-order valence-corrected chi connectivity index (χ3v) is 2.48. The lowest BCUT2D eigenvalue weighted by Gasteiger charge is -2.11. The van der Waals surface area contributed by atoms with E-state index in [-0.39, 0.29) is 11.5 Å². The van der Waals surface area contributed by atoms with Crippen molar-refractivity contribution in [3.05, 3.63) is 34.3 Å². The summed E-state index contributed by atoms with van der Waals surface area (Å²) in [6.45, 7) is 3.59. The van der Waals surface area contributed by atoms with Gasteiger partial charge in [-0.15, -0.1) is 0 Å². The number of alkyl halides is 3. The highest BCUT2D eigenvalue weighted by Gasteiger charge is 2.39. The average molecular weight is 251 g/mol. The molecule has 1 aromatic rings. The van der Waals surface area contributed by atoms with Crippen LogP contribution in [0.1, 0.15) is 35.7 Å². The zero-order valence-corrected chi connectivity index (χ0v) is 9.49. The van der Waals surface area contributed by atoms with E-state index in [2.05, 4.69) is 0 Å². The van der Waals surface area contributed by atoms with Crippen molar-refractivity contribution in [2.24, 2.45) is 0 Å². The molecule has 16 heavy (non-hydrogen) atoms. The maximum absolute atomic E-state index is 12.2. The van der Waals surface area contributed by atoms with Crippen LogP contribution in [0.3, 0.4) is 0 Å². The highest BCUT2D eigenvalue weighted by molar-refractivity contribution is 6.31. The predicted molar refractivity (Wildman–Crippen MR) is 55.9 cm³/mol. The number of carbonyl (C=O) groups is 1. The molecule has 0 saturated carbocycles. The Morgan fingerprint density at radius 2 is 1.88 bits per heavy atom. The molecule has 1 nitrogen and oxygen atoms in total. The second-order valence-corrected chi connectivity index (χ2v) is 4.13. The van der Waals surface area contributed by atoms with Crippen LogP contribution in [-0.4, -0.2) is 12.0 Å². The maximum Gasteiger partial charge on any atom is 0.454 e. The third-order valence-electron chi connectivity index (χ3n) is 2.14. The van der Waals surface area contributed by atoms with Crippen molar-refractivity contribution in [1.29, 1.82) is 0 Å². The molecule has 0 aliphatic carbocycles. The van der Waals surface area contributed by atoms with Gasteiger partial charge in [0.2, 0.25) is 0 Å². The molecule has 0 N–H and O–H groups in total. The number of carbonyl (C=O) groups excluding carboxylic acids is 1. The Bertz CT molecular complexity index is 410. The predicted octanol–water partition coefficient (Wildman–Crippen LogP) is 4.21. The summed E-state index contributed by atoms with van der Waals surface area (Å²) in [5.41, 5.74) is 0.164. The molecule has 1 rings (SSSR count). The van der Waals surface area contributed by atoms with E-state index in [1.165, 1.54) is 12.1 Å². The van der Waals surface area contributed by atoms with Crippen LogP contribution in [-0.2, 0) is 0 Å². The molecule has 1 aromatic carbocycles. The molecule has 0 unspecified atom stereocenters. The molecule has 0 spiro atoms. The van der Waals surface area contributed by atoms with Crippen LogP contribution in [0.25, 0.3) is 0 Å². The second kappa shape index (κ2) is 4.45. The Hall–Kier alpha value is -1.03. The third kappa shape index (κ3) is 2.76. The second-order valence-electron chi connectivity index (χ2n) is 3.72. The molecule has 0 fully saturated rings. The highest BCUT2D eigenvalue weighted by atomic mass is 35.5.